The first-order valence-electron chi connectivity index (χ1n) is 10.9. The number of carbonyl (C=O) groups is 3. The number of halogens is 1. The van der Waals surface area contributed by atoms with Crippen LogP contribution in [0.2, 0.25) is 5.02 Å². The monoisotopic (exact) mass is 471 g/mol. The van der Waals surface area contributed by atoms with E-state index in [0.29, 0.717) is 74.1 Å². The fourth-order valence-corrected chi connectivity index (χ4v) is 4.48. The van der Waals surface area contributed by atoms with Crippen molar-refractivity contribution < 1.29 is 19.1 Å². The van der Waals surface area contributed by atoms with Gasteiger partial charge in [-0.25, -0.2) is 4.98 Å². The number of carbonyl (C=O) groups excluding carboxylic acids is 3. The summed E-state index contributed by atoms with van der Waals surface area (Å²) in [5.74, 6) is 0.137. The van der Waals surface area contributed by atoms with Gasteiger partial charge in [0.15, 0.2) is 0 Å². The molecular weight excluding hydrogens is 446 g/mol. The van der Waals surface area contributed by atoms with Crippen molar-refractivity contribution >= 4 is 29.3 Å². The number of hydrogen-bond acceptors (Lipinski definition) is 6. The fraction of sp³-hybridized carbons (Fsp3) is 0.435. The van der Waals surface area contributed by atoms with Gasteiger partial charge in [-0.05, 0) is 31.0 Å². The SMILES string of the molecule is COc1ccc(Cl)cc1C(=O)N1CCC(C(=O)N2CCN(C(=O)c3cnccn3)CC2)CC1. The Hall–Kier alpha value is -3.20. The average Bonchev–Trinajstić information content (AvgIpc) is 2.88. The van der Waals surface area contributed by atoms with E-state index >= 15 is 0 Å². The van der Waals surface area contributed by atoms with Gasteiger partial charge in [-0.3, -0.25) is 19.4 Å². The molecule has 0 radical (unpaired) electrons. The summed E-state index contributed by atoms with van der Waals surface area (Å²) in [5, 5.41) is 0.473. The molecule has 2 aromatic rings. The molecule has 33 heavy (non-hydrogen) atoms. The maximum atomic E-state index is 13.1. The predicted molar refractivity (Wildman–Crippen MR) is 121 cm³/mol. The quantitative estimate of drug-likeness (QED) is 0.676. The zero-order chi connectivity index (χ0) is 23.4. The summed E-state index contributed by atoms with van der Waals surface area (Å²) >= 11 is 6.06. The van der Waals surface area contributed by atoms with E-state index in [0.717, 1.165) is 0 Å². The van der Waals surface area contributed by atoms with Gasteiger partial charge >= 0.3 is 0 Å². The van der Waals surface area contributed by atoms with E-state index in [9.17, 15) is 14.4 Å². The topological polar surface area (TPSA) is 95.9 Å². The Bertz CT molecular complexity index is 1020. The Morgan fingerprint density at radius 2 is 1.61 bits per heavy atom. The molecule has 2 saturated heterocycles. The average molecular weight is 472 g/mol. The minimum Gasteiger partial charge on any atom is -0.496 e. The molecule has 4 rings (SSSR count). The molecule has 0 aliphatic carbocycles. The predicted octanol–water partition coefficient (Wildman–Crippen LogP) is 1.98. The van der Waals surface area contributed by atoms with Crippen molar-refractivity contribution in [3.63, 3.8) is 0 Å². The molecule has 3 heterocycles. The highest BCUT2D eigenvalue weighted by Crippen LogP contribution is 2.27. The molecule has 0 bridgehead atoms. The highest BCUT2D eigenvalue weighted by Gasteiger charge is 2.33. The van der Waals surface area contributed by atoms with Crippen molar-refractivity contribution in [3.05, 3.63) is 53.1 Å². The largest absolute Gasteiger partial charge is 0.496 e. The highest BCUT2D eigenvalue weighted by molar-refractivity contribution is 6.31. The van der Waals surface area contributed by atoms with Gasteiger partial charge in [0.2, 0.25) is 5.91 Å². The molecule has 1 aromatic carbocycles. The van der Waals surface area contributed by atoms with Crippen LogP contribution in [0, 0.1) is 5.92 Å². The molecule has 2 aliphatic heterocycles. The first-order chi connectivity index (χ1) is 16.0. The molecule has 0 unspecified atom stereocenters. The van der Waals surface area contributed by atoms with Gasteiger partial charge in [-0.1, -0.05) is 11.6 Å². The van der Waals surface area contributed by atoms with Crippen LogP contribution in [0.15, 0.2) is 36.8 Å². The van der Waals surface area contributed by atoms with Crippen molar-refractivity contribution in [2.24, 2.45) is 5.92 Å². The van der Waals surface area contributed by atoms with Gasteiger partial charge in [0.1, 0.15) is 11.4 Å². The standard InChI is InChI=1S/C23H26ClN5O4/c1-33-20-3-2-17(24)14-18(20)22(31)27-8-4-16(5-9-27)21(30)28-10-12-29(13-11-28)23(32)19-15-25-6-7-26-19/h2-3,6-7,14-16H,4-5,8-13H2,1H3. The molecule has 10 heteroatoms. The van der Waals surface area contributed by atoms with E-state index in [-0.39, 0.29) is 23.6 Å². The van der Waals surface area contributed by atoms with Gasteiger partial charge in [-0.15, -0.1) is 0 Å². The summed E-state index contributed by atoms with van der Waals surface area (Å²) in [6.45, 7) is 2.90. The van der Waals surface area contributed by atoms with E-state index in [1.807, 2.05) is 4.90 Å². The second-order valence-electron chi connectivity index (χ2n) is 8.12. The first kappa shape index (κ1) is 23.0. The second-order valence-corrected chi connectivity index (χ2v) is 8.56. The number of methoxy groups -OCH3 is 1. The molecule has 0 saturated carbocycles. The third-order valence-corrected chi connectivity index (χ3v) is 6.42. The maximum absolute atomic E-state index is 13.1. The van der Waals surface area contributed by atoms with Crippen molar-refractivity contribution in [2.45, 2.75) is 12.8 Å². The molecule has 0 spiro atoms. The van der Waals surface area contributed by atoms with Crippen LogP contribution in [0.4, 0.5) is 0 Å². The number of likely N-dealkylation sites (tertiary alicyclic amines) is 1. The Morgan fingerprint density at radius 3 is 2.24 bits per heavy atom. The van der Waals surface area contributed by atoms with E-state index in [2.05, 4.69) is 9.97 Å². The first-order valence-corrected chi connectivity index (χ1v) is 11.3. The molecule has 0 N–H and O–H groups in total. The summed E-state index contributed by atoms with van der Waals surface area (Å²) in [6.07, 6.45) is 5.68. The molecule has 3 amide bonds. The molecule has 2 aliphatic rings. The third kappa shape index (κ3) is 5.08. The molecule has 0 atom stereocenters. The number of benzene rings is 1. The van der Waals surface area contributed by atoms with Crippen LogP contribution in [0.25, 0.3) is 0 Å². The lowest BCUT2D eigenvalue weighted by Crippen LogP contribution is -2.53. The molecule has 1 aromatic heterocycles. The third-order valence-electron chi connectivity index (χ3n) is 6.18. The summed E-state index contributed by atoms with van der Waals surface area (Å²) in [4.78, 5) is 51.8. The zero-order valence-electron chi connectivity index (χ0n) is 18.4. The van der Waals surface area contributed by atoms with Crippen LogP contribution in [0.5, 0.6) is 5.75 Å². The Kier molecular flexibility index (Phi) is 7.08. The summed E-state index contributed by atoms with van der Waals surface area (Å²) in [5.41, 5.74) is 0.740. The lowest BCUT2D eigenvalue weighted by molar-refractivity contribution is -0.138. The summed E-state index contributed by atoms with van der Waals surface area (Å²) in [6, 6.07) is 4.98. The van der Waals surface area contributed by atoms with Gasteiger partial charge in [0.25, 0.3) is 11.8 Å². The lowest BCUT2D eigenvalue weighted by atomic mass is 9.94. The van der Waals surface area contributed by atoms with Crippen LogP contribution in [-0.4, -0.2) is 88.8 Å². The minimum atomic E-state index is -0.168. The van der Waals surface area contributed by atoms with Gasteiger partial charge < -0.3 is 19.4 Å². The highest BCUT2D eigenvalue weighted by atomic mass is 35.5. The summed E-state index contributed by atoms with van der Waals surface area (Å²) in [7, 11) is 1.52. The van der Waals surface area contributed by atoms with Gasteiger partial charge in [0, 0.05) is 62.6 Å². The Labute approximate surface area is 197 Å². The van der Waals surface area contributed by atoms with Crippen LogP contribution in [0.3, 0.4) is 0 Å². The van der Waals surface area contributed by atoms with Crippen molar-refractivity contribution in [2.75, 3.05) is 46.4 Å². The number of piperazine rings is 1. The summed E-state index contributed by atoms with van der Waals surface area (Å²) < 4.78 is 5.30. The van der Waals surface area contributed by atoms with E-state index < -0.39 is 0 Å². The van der Waals surface area contributed by atoms with E-state index in [4.69, 9.17) is 16.3 Å². The van der Waals surface area contributed by atoms with Crippen LogP contribution in [0.1, 0.15) is 33.7 Å². The minimum absolute atomic E-state index is 0.0917. The van der Waals surface area contributed by atoms with Crippen molar-refractivity contribution in [1.29, 1.82) is 0 Å². The fourth-order valence-electron chi connectivity index (χ4n) is 4.31. The van der Waals surface area contributed by atoms with E-state index in [1.54, 1.807) is 28.0 Å². The normalized spacial score (nSPS) is 17.1. The molecular formula is C23H26ClN5O4. The number of ether oxygens (including phenoxy) is 1. The molecule has 2 fully saturated rings. The van der Waals surface area contributed by atoms with Gasteiger partial charge in [-0.2, -0.15) is 0 Å². The second kappa shape index (κ2) is 10.2. The number of nitrogens with zero attached hydrogens (tertiary/aromatic N) is 5. The van der Waals surface area contributed by atoms with Crippen LogP contribution < -0.4 is 4.74 Å². The number of piperidine rings is 1. The number of amides is 3. The molecule has 174 valence electrons. The van der Waals surface area contributed by atoms with Crippen molar-refractivity contribution in [1.82, 2.24) is 24.7 Å². The molecule has 9 nitrogen and oxygen atoms in total. The number of hydrogen-bond donors (Lipinski definition) is 0. The van der Waals surface area contributed by atoms with Gasteiger partial charge in [0.05, 0.1) is 18.9 Å². The van der Waals surface area contributed by atoms with Crippen LogP contribution in [-0.2, 0) is 4.79 Å². The van der Waals surface area contributed by atoms with E-state index in [1.165, 1.54) is 25.7 Å². The zero-order valence-corrected chi connectivity index (χ0v) is 19.2. The smallest absolute Gasteiger partial charge is 0.274 e. The lowest BCUT2D eigenvalue weighted by Gasteiger charge is -2.38. The van der Waals surface area contributed by atoms with Crippen molar-refractivity contribution in [3.8, 4) is 5.75 Å². The Balaban J connectivity index is 1.29. The number of rotatable bonds is 4. The Morgan fingerprint density at radius 1 is 0.939 bits per heavy atom. The number of aromatic nitrogens is 2. The van der Waals surface area contributed by atoms with Crippen LogP contribution >= 0.6 is 11.6 Å². The maximum Gasteiger partial charge on any atom is 0.274 e.